The van der Waals surface area contributed by atoms with Crippen molar-refractivity contribution in [1.82, 2.24) is 19.8 Å². The lowest BCUT2D eigenvalue weighted by atomic mass is 10.1. The number of rotatable bonds is 3. The Morgan fingerprint density at radius 1 is 1.19 bits per heavy atom. The number of hydrogen-bond acceptors (Lipinski definition) is 4. The number of fused-ring (bicyclic) bond motifs is 1. The van der Waals surface area contributed by atoms with E-state index in [1.54, 1.807) is 18.2 Å². The van der Waals surface area contributed by atoms with Gasteiger partial charge in [-0.15, -0.1) is 10.2 Å². The number of anilines is 1. The highest BCUT2D eigenvalue weighted by Gasteiger charge is 2.13. The zero-order chi connectivity index (χ0) is 15.0. The third kappa shape index (κ3) is 2.90. The summed E-state index contributed by atoms with van der Waals surface area (Å²) >= 11 is 18.1. The summed E-state index contributed by atoms with van der Waals surface area (Å²) in [6, 6.07) is 7.03. The van der Waals surface area contributed by atoms with E-state index in [1.807, 2.05) is 13.0 Å². The van der Waals surface area contributed by atoms with Crippen LogP contribution in [0.3, 0.4) is 0 Å². The highest BCUT2D eigenvalue weighted by atomic mass is 35.5. The molecule has 0 amide bonds. The van der Waals surface area contributed by atoms with Gasteiger partial charge in [0, 0.05) is 16.1 Å². The van der Waals surface area contributed by atoms with Crippen LogP contribution in [0, 0.1) is 0 Å². The number of benzene rings is 1. The summed E-state index contributed by atoms with van der Waals surface area (Å²) in [5.41, 5.74) is 2.24. The van der Waals surface area contributed by atoms with Crippen molar-refractivity contribution in [3.05, 3.63) is 51.4 Å². The summed E-state index contributed by atoms with van der Waals surface area (Å²) in [4.78, 5) is 0. The van der Waals surface area contributed by atoms with Gasteiger partial charge in [-0.05, 0) is 24.6 Å². The maximum absolute atomic E-state index is 6.22. The summed E-state index contributed by atoms with van der Waals surface area (Å²) in [6.45, 7) is 1.98. The van der Waals surface area contributed by atoms with Gasteiger partial charge in [0.2, 0.25) is 5.65 Å². The molecule has 0 unspecified atom stereocenters. The topological polar surface area (TPSA) is 55.1 Å². The highest BCUT2D eigenvalue weighted by Crippen LogP contribution is 2.29. The minimum absolute atomic E-state index is 0.0614. The number of nitrogens with zero attached hydrogens (tertiary/aromatic N) is 4. The average molecular weight is 343 g/mol. The van der Waals surface area contributed by atoms with Crippen LogP contribution in [0.4, 0.5) is 5.69 Å². The summed E-state index contributed by atoms with van der Waals surface area (Å²) in [5.74, 6) is 0. The van der Waals surface area contributed by atoms with E-state index >= 15 is 0 Å². The van der Waals surface area contributed by atoms with E-state index in [0.29, 0.717) is 20.8 Å². The minimum Gasteiger partial charge on any atom is -0.375 e. The molecule has 0 aliphatic heterocycles. The molecule has 1 atom stereocenters. The largest absolute Gasteiger partial charge is 0.375 e. The van der Waals surface area contributed by atoms with E-state index in [1.165, 1.54) is 10.8 Å². The summed E-state index contributed by atoms with van der Waals surface area (Å²) < 4.78 is 1.51. The van der Waals surface area contributed by atoms with Crippen molar-refractivity contribution in [2.75, 3.05) is 5.32 Å². The normalized spacial score (nSPS) is 12.6. The summed E-state index contributed by atoms with van der Waals surface area (Å²) in [6.07, 6.45) is 1.49. The number of aromatic nitrogens is 4. The Hall–Kier alpha value is -1.56. The lowest BCUT2D eigenvalue weighted by molar-refractivity contribution is 0.873. The Morgan fingerprint density at radius 2 is 2.00 bits per heavy atom. The SMILES string of the molecule is C[C@@H](Nc1cc(Cl)nn2cnnc12)c1ccc(Cl)cc1Cl. The van der Waals surface area contributed by atoms with Gasteiger partial charge in [-0.2, -0.15) is 9.61 Å². The first-order valence-corrected chi connectivity index (χ1v) is 7.26. The van der Waals surface area contributed by atoms with Crippen LogP contribution in [0.25, 0.3) is 5.65 Å². The monoisotopic (exact) mass is 341 g/mol. The second-order valence-corrected chi connectivity index (χ2v) is 5.74. The van der Waals surface area contributed by atoms with Gasteiger partial charge in [-0.3, -0.25) is 0 Å². The van der Waals surface area contributed by atoms with Crippen molar-refractivity contribution in [3.63, 3.8) is 0 Å². The van der Waals surface area contributed by atoms with Gasteiger partial charge in [0.1, 0.15) is 6.33 Å². The van der Waals surface area contributed by atoms with Crippen molar-refractivity contribution in [1.29, 1.82) is 0 Å². The highest BCUT2D eigenvalue weighted by molar-refractivity contribution is 6.35. The molecule has 5 nitrogen and oxygen atoms in total. The molecule has 3 aromatic rings. The van der Waals surface area contributed by atoms with Gasteiger partial charge in [-0.1, -0.05) is 40.9 Å². The predicted octanol–water partition coefficient (Wildman–Crippen LogP) is 4.26. The third-order valence-electron chi connectivity index (χ3n) is 3.04. The van der Waals surface area contributed by atoms with E-state index in [9.17, 15) is 0 Å². The molecule has 0 saturated heterocycles. The summed E-state index contributed by atoms with van der Waals surface area (Å²) in [7, 11) is 0. The molecule has 0 aliphatic carbocycles. The summed E-state index contributed by atoms with van der Waals surface area (Å²) in [5, 5.41) is 16.8. The Kier molecular flexibility index (Phi) is 3.89. The van der Waals surface area contributed by atoms with Crippen molar-refractivity contribution in [2.45, 2.75) is 13.0 Å². The second kappa shape index (κ2) is 5.67. The third-order valence-corrected chi connectivity index (χ3v) is 3.79. The molecule has 0 radical (unpaired) electrons. The van der Waals surface area contributed by atoms with Crippen LogP contribution in [0.15, 0.2) is 30.6 Å². The smallest absolute Gasteiger partial charge is 0.200 e. The predicted molar refractivity (Wildman–Crippen MR) is 84.3 cm³/mol. The van der Waals surface area contributed by atoms with Crippen LogP contribution in [-0.4, -0.2) is 19.8 Å². The molecule has 3 rings (SSSR count). The number of hydrogen-bond donors (Lipinski definition) is 1. The number of halogens is 3. The van der Waals surface area contributed by atoms with Gasteiger partial charge >= 0.3 is 0 Å². The van der Waals surface area contributed by atoms with Crippen molar-refractivity contribution in [3.8, 4) is 0 Å². The molecular weight excluding hydrogens is 333 g/mol. The van der Waals surface area contributed by atoms with E-state index in [4.69, 9.17) is 34.8 Å². The van der Waals surface area contributed by atoms with E-state index < -0.39 is 0 Å². The maximum Gasteiger partial charge on any atom is 0.200 e. The fourth-order valence-electron chi connectivity index (χ4n) is 2.07. The molecule has 0 aliphatic rings. The molecule has 21 heavy (non-hydrogen) atoms. The Morgan fingerprint density at radius 3 is 2.76 bits per heavy atom. The van der Waals surface area contributed by atoms with Gasteiger partial charge in [0.15, 0.2) is 5.15 Å². The molecule has 8 heteroatoms. The fraction of sp³-hybridized carbons (Fsp3) is 0.154. The van der Waals surface area contributed by atoms with Crippen LogP contribution in [0.2, 0.25) is 15.2 Å². The van der Waals surface area contributed by atoms with Gasteiger partial charge < -0.3 is 5.32 Å². The quantitative estimate of drug-likeness (QED) is 0.773. The van der Waals surface area contributed by atoms with Crippen LogP contribution >= 0.6 is 34.8 Å². The minimum atomic E-state index is -0.0614. The first-order chi connectivity index (χ1) is 10.0. The van der Waals surface area contributed by atoms with E-state index in [-0.39, 0.29) is 6.04 Å². The zero-order valence-electron chi connectivity index (χ0n) is 10.9. The van der Waals surface area contributed by atoms with Gasteiger partial charge in [-0.25, -0.2) is 0 Å². The maximum atomic E-state index is 6.22. The first kappa shape index (κ1) is 14.4. The molecule has 2 heterocycles. The zero-order valence-corrected chi connectivity index (χ0v) is 13.2. The number of nitrogens with one attached hydrogen (secondary N) is 1. The van der Waals surface area contributed by atoms with Crippen molar-refractivity contribution in [2.24, 2.45) is 0 Å². The Labute approximate surface area is 135 Å². The van der Waals surface area contributed by atoms with Crippen molar-refractivity contribution >= 4 is 46.1 Å². The van der Waals surface area contributed by atoms with Crippen LogP contribution in [-0.2, 0) is 0 Å². The molecule has 0 fully saturated rings. The molecule has 0 saturated carbocycles. The van der Waals surface area contributed by atoms with E-state index in [2.05, 4.69) is 20.6 Å². The van der Waals surface area contributed by atoms with E-state index in [0.717, 1.165) is 11.3 Å². The second-order valence-electron chi connectivity index (χ2n) is 4.51. The van der Waals surface area contributed by atoms with Gasteiger partial charge in [0.25, 0.3) is 0 Å². The van der Waals surface area contributed by atoms with Crippen LogP contribution < -0.4 is 5.32 Å². The lowest BCUT2D eigenvalue weighted by Crippen LogP contribution is -2.09. The lowest BCUT2D eigenvalue weighted by Gasteiger charge is -2.17. The first-order valence-electron chi connectivity index (χ1n) is 6.12. The standard InChI is InChI=1S/C13H10Cl3N5/c1-7(9-3-2-8(14)4-10(9)15)18-11-5-12(16)20-21-6-17-19-13(11)21/h2-7,18H,1H3/t7-/m1/s1. The Balaban J connectivity index is 1.96. The fourth-order valence-corrected chi connectivity index (χ4v) is 2.83. The molecular formula is C13H10Cl3N5. The molecule has 0 bridgehead atoms. The molecule has 108 valence electrons. The van der Waals surface area contributed by atoms with Crippen LogP contribution in [0.1, 0.15) is 18.5 Å². The van der Waals surface area contributed by atoms with Crippen LogP contribution in [0.5, 0.6) is 0 Å². The van der Waals surface area contributed by atoms with Crippen molar-refractivity contribution < 1.29 is 0 Å². The molecule has 1 N–H and O–H groups in total. The Bertz CT molecular complexity index is 802. The average Bonchev–Trinajstić information content (AvgIpc) is 2.86. The molecule has 1 aromatic carbocycles. The molecule has 2 aromatic heterocycles. The molecule has 0 spiro atoms. The van der Waals surface area contributed by atoms with Gasteiger partial charge in [0.05, 0.1) is 11.7 Å².